The first-order chi connectivity index (χ1) is 7.36. The van der Waals surface area contributed by atoms with Gasteiger partial charge in [0.15, 0.2) is 0 Å². The minimum Gasteiger partial charge on any atom is -0.329 e. The lowest BCUT2D eigenvalue weighted by Crippen LogP contribution is -2.13. The van der Waals surface area contributed by atoms with Crippen molar-refractivity contribution >= 4 is 17.1 Å². The molecule has 0 saturated heterocycles. The number of benzene rings is 2. The second-order valence-corrected chi connectivity index (χ2v) is 3.55. The molecule has 0 heterocycles. The molecule has 2 N–H and O–H groups in total. The van der Waals surface area contributed by atoms with Crippen molar-refractivity contribution in [2.75, 3.05) is 6.54 Å². The summed E-state index contributed by atoms with van der Waals surface area (Å²) in [6.07, 6.45) is 0.918. The fourth-order valence-corrected chi connectivity index (χ4v) is 1.83. The van der Waals surface area contributed by atoms with Crippen LogP contribution in [0.4, 0.5) is 0 Å². The summed E-state index contributed by atoms with van der Waals surface area (Å²) in [5.74, 6) is -0.198. The number of aldehydes is 1. The second-order valence-electron chi connectivity index (χ2n) is 3.55. The van der Waals surface area contributed by atoms with E-state index in [2.05, 4.69) is 0 Å². The van der Waals surface area contributed by atoms with E-state index in [0.29, 0.717) is 6.54 Å². The SMILES string of the molecule is NCC(C=O)c1cccc2ccccc12. The summed E-state index contributed by atoms with van der Waals surface area (Å²) in [5.41, 5.74) is 6.59. The van der Waals surface area contributed by atoms with E-state index in [1.165, 1.54) is 0 Å². The van der Waals surface area contributed by atoms with Crippen molar-refractivity contribution in [2.24, 2.45) is 5.73 Å². The predicted molar refractivity (Wildman–Crippen MR) is 61.8 cm³/mol. The van der Waals surface area contributed by atoms with Crippen molar-refractivity contribution in [1.29, 1.82) is 0 Å². The number of hydrogen-bond acceptors (Lipinski definition) is 2. The van der Waals surface area contributed by atoms with Crippen LogP contribution in [-0.2, 0) is 4.79 Å². The highest BCUT2D eigenvalue weighted by atomic mass is 16.1. The van der Waals surface area contributed by atoms with Gasteiger partial charge in [-0.15, -0.1) is 0 Å². The van der Waals surface area contributed by atoms with Gasteiger partial charge in [-0.3, -0.25) is 0 Å². The standard InChI is InChI=1S/C13H13NO/c14-8-11(9-15)13-7-3-5-10-4-1-2-6-12(10)13/h1-7,9,11H,8,14H2. The number of nitrogens with two attached hydrogens (primary N) is 1. The minimum absolute atomic E-state index is 0.198. The van der Waals surface area contributed by atoms with Crippen LogP contribution >= 0.6 is 0 Å². The van der Waals surface area contributed by atoms with Crippen LogP contribution in [0.2, 0.25) is 0 Å². The van der Waals surface area contributed by atoms with Crippen molar-refractivity contribution in [3.05, 3.63) is 48.0 Å². The molecule has 76 valence electrons. The maximum absolute atomic E-state index is 10.9. The molecule has 0 fully saturated rings. The molecule has 0 aliphatic heterocycles. The van der Waals surface area contributed by atoms with E-state index < -0.39 is 0 Å². The van der Waals surface area contributed by atoms with Crippen LogP contribution in [-0.4, -0.2) is 12.8 Å². The molecule has 1 unspecified atom stereocenters. The third kappa shape index (κ3) is 1.76. The molecule has 0 aliphatic carbocycles. The van der Waals surface area contributed by atoms with Gasteiger partial charge in [0.05, 0.1) is 5.92 Å². The quantitative estimate of drug-likeness (QED) is 0.769. The van der Waals surface area contributed by atoms with Crippen LogP contribution in [0.25, 0.3) is 10.8 Å². The van der Waals surface area contributed by atoms with Gasteiger partial charge in [0, 0.05) is 6.54 Å². The summed E-state index contributed by atoms with van der Waals surface area (Å²) in [4.78, 5) is 10.9. The molecule has 1 atom stereocenters. The summed E-state index contributed by atoms with van der Waals surface area (Å²) < 4.78 is 0. The third-order valence-electron chi connectivity index (χ3n) is 2.64. The van der Waals surface area contributed by atoms with Crippen LogP contribution in [0.1, 0.15) is 11.5 Å². The Balaban J connectivity index is 2.64. The van der Waals surface area contributed by atoms with E-state index in [0.717, 1.165) is 22.6 Å². The largest absolute Gasteiger partial charge is 0.329 e. The van der Waals surface area contributed by atoms with Gasteiger partial charge in [-0.2, -0.15) is 0 Å². The first-order valence-electron chi connectivity index (χ1n) is 5.00. The summed E-state index contributed by atoms with van der Waals surface area (Å²) in [7, 11) is 0. The summed E-state index contributed by atoms with van der Waals surface area (Å²) in [5, 5.41) is 2.26. The van der Waals surface area contributed by atoms with Gasteiger partial charge < -0.3 is 10.5 Å². The van der Waals surface area contributed by atoms with Gasteiger partial charge in [-0.25, -0.2) is 0 Å². The maximum Gasteiger partial charge on any atom is 0.128 e. The lowest BCUT2D eigenvalue weighted by molar-refractivity contribution is -0.108. The minimum atomic E-state index is -0.198. The molecule has 0 amide bonds. The number of carbonyl (C=O) groups excluding carboxylic acids is 1. The molecule has 2 aromatic rings. The van der Waals surface area contributed by atoms with E-state index in [1.807, 2.05) is 42.5 Å². The Morgan fingerprint density at radius 3 is 2.60 bits per heavy atom. The predicted octanol–water partition coefficient (Wildman–Crippen LogP) is 2.08. The van der Waals surface area contributed by atoms with Crippen molar-refractivity contribution in [3.8, 4) is 0 Å². The summed E-state index contributed by atoms with van der Waals surface area (Å²) >= 11 is 0. The summed E-state index contributed by atoms with van der Waals surface area (Å²) in [6, 6.07) is 14.0. The average Bonchev–Trinajstić information content (AvgIpc) is 2.31. The average molecular weight is 199 g/mol. The monoisotopic (exact) mass is 199 g/mol. The highest BCUT2D eigenvalue weighted by molar-refractivity contribution is 5.88. The van der Waals surface area contributed by atoms with E-state index in [-0.39, 0.29) is 5.92 Å². The second kappa shape index (κ2) is 4.24. The lowest BCUT2D eigenvalue weighted by atomic mass is 9.94. The van der Waals surface area contributed by atoms with Crippen molar-refractivity contribution in [1.82, 2.24) is 0 Å². The molecular weight excluding hydrogens is 186 g/mol. The molecule has 0 aromatic heterocycles. The third-order valence-corrected chi connectivity index (χ3v) is 2.64. The van der Waals surface area contributed by atoms with Crippen LogP contribution in [0.5, 0.6) is 0 Å². The van der Waals surface area contributed by atoms with Gasteiger partial charge in [0.1, 0.15) is 6.29 Å². The molecule has 2 heteroatoms. The first-order valence-corrected chi connectivity index (χ1v) is 5.00. The van der Waals surface area contributed by atoms with Gasteiger partial charge >= 0.3 is 0 Å². The highest BCUT2D eigenvalue weighted by Crippen LogP contribution is 2.23. The fourth-order valence-electron chi connectivity index (χ4n) is 1.83. The normalized spacial score (nSPS) is 12.6. The number of carbonyl (C=O) groups is 1. The number of rotatable bonds is 3. The van der Waals surface area contributed by atoms with Crippen LogP contribution in [0.15, 0.2) is 42.5 Å². The molecule has 0 saturated carbocycles. The molecule has 2 aromatic carbocycles. The van der Waals surface area contributed by atoms with Gasteiger partial charge in [0.2, 0.25) is 0 Å². The Morgan fingerprint density at radius 2 is 1.87 bits per heavy atom. The topological polar surface area (TPSA) is 43.1 Å². The van der Waals surface area contributed by atoms with E-state index in [9.17, 15) is 4.79 Å². The Kier molecular flexibility index (Phi) is 2.79. The van der Waals surface area contributed by atoms with Crippen molar-refractivity contribution in [3.63, 3.8) is 0 Å². The van der Waals surface area contributed by atoms with E-state index in [4.69, 9.17) is 5.73 Å². The molecular formula is C13H13NO. The Hall–Kier alpha value is -1.67. The van der Waals surface area contributed by atoms with Gasteiger partial charge in [-0.1, -0.05) is 42.5 Å². The fraction of sp³-hybridized carbons (Fsp3) is 0.154. The van der Waals surface area contributed by atoms with Crippen LogP contribution < -0.4 is 5.73 Å². The molecule has 15 heavy (non-hydrogen) atoms. The zero-order valence-electron chi connectivity index (χ0n) is 8.39. The smallest absolute Gasteiger partial charge is 0.128 e. The van der Waals surface area contributed by atoms with Crippen LogP contribution in [0, 0.1) is 0 Å². The first kappa shape index (κ1) is 9.87. The van der Waals surface area contributed by atoms with Crippen molar-refractivity contribution in [2.45, 2.75) is 5.92 Å². The Labute approximate surface area is 88.7 Å². The van der Waals surface area contributed by atoms with Crippen molar-refractivity contribution < 1.29 is 4.79 Å². The summed E-state index contributed by atoms with van der Waals surface area (Å²) in [6.45, 7) is 0.359. The Morgan fingerprint density at radius 1 is 1.13 bits per heavy atom. The molecule has 2 nitrogen and oxygen atoms in total. The zero-order valence-corrected chi connectivity index (χ0v) is 8.39. The molecule has 0 bridgehead atoms. The lowest BCUT2D eigenvalue weighted by Gasteiger charge is -2.10. The molecule has 0 spiro atoms. The van der Waals surface area contributed by atoms with Crippen LogP contribution in [0.3, 0.4) is 0 Å². The maximum atomic E-state index is 10.9. The Bertz CT molecular complexity index is 473. The van der Waals surface area contributed by atoms with E-state index >= 15 is 0 Å². The number of fused-ring (bicyclic) bond motifs is 1. The molecule has 0 radical (unpaired) electrons. The molecule has 0 aliphatic rings. The van der Waals surface area contributed by atoms with Gasteiger partial charge in [-0.05, 0) is 16.3 Å². The highest BCUT2D eigenvalue weighted by Gasteiger charge is 2.10. The van der Waals surface area contributed by atoms with Gasteiger partial charge in [0.25, 0.3) is 0 Å². The number of hydrogen-bond donors (Lipinski definition) is 1. The molecule has 2 rings (SSSR count). The van der Waals surface area contributed by atoms with E-state index in [1.54, 1.807) is 0 Å². The zero-order chi connectivity index (χ0) is 10.7.